The number of carbonyl (C=O) groups excluding carboxylic acids is 1. The summed E-state index contributed by atoms with van der Waals surface area (Å²) >= 11 is 12.1. The number of benzene rings is 2. The summed E-state index contributed by atoms with van der Waals surface area (Å²) in [6.07, 6.45) is 1.72. The van der Waals surface area contributed by atoms with Crippen molar-refractivity contribution in [3.05, 3.63) is 68.6 Å². The molecule has 0 aliphatic heterocycles. The number of fused-ring (bicyclic) bond motifs is 1. The second kappa shape index (κ2) is 7.89. The summed E-state index contributed by atoms with van der Waals surface area (Å²) in [7, 11) is 0. The molecule has 0 radical (unpaired) electrons. The fourth-order valence-electron chi connectivity index (χ4n) is 2.64. The Labute approximate surface area is 160 Å². The van der Waals surface area contributed by atoms with Crippen LogP contribution in [0.2, 0.25) is 10.0 Å². The topological polar surface area (TPSA) is 64.0 Å². The van der Waals surface area contributed by atoms with E-state index >= 15 is 0 Å². The van der Waals surface area contributed by atoms with Crippen molar-refractivity contribution < 1.29 is 4.79 Å². The second-order valence-electron chi connectivity index (χ2n) is 5.85. The number of hydrogen-bond donors (Lipinski definition) is 1. The van der Waals surface area contributed by atoms with Crippen LogP contribution in [-0.4, -0.2) is 15.7 Å². The highest BCUT2D eigenvalue weighted by Crippen LogP contribution is 2.26. The van der Waals surface area contributed by atoms with Crippen LogP contribution >= 0.6 is 23.2 Å². The third-order valence-electron chi connectivity index (χ3n) is 3.98. The van der Waals surface area contributed by atoms with Crippen LogP contribution in [0.3, 0.4) is 0 Å². The van der Waals surface area contributed by atoms with Gasteiger partial charge in [-0.05, 0) is 30.7 Å². The monoisotopic (exact) mass is 389 g/mol. The Morgan fingerprint density at radius 3 is 2.62 bits per heavy atom. The number of halogens is 2. The zero-order valence-electron chi connectivity index (χ0n) is 14.1. The quantitative estimate of drug-likeness (QED) is 0.684. The number of aryl methyl sites for hydroxylation is 1. The van der Waals surface area contributed by atoms with Crippen molar-refractivity contribution in [2.45, 2.75) is 26.3 Å². The lowest BCUT2D eigenvalue weighted by molar-refractivity contribution is 0.102. The van der Waals surface area contributed by atoms with Crippen molar-refractivity contribution in [3.8, 4) is 0 Å². The van der Waals surface area contributed by atoms with E-state index in [1.54, 1.807) is 42.5 Å². The molecule has 1 N–H and O–H groups in total. The van der Waals surface area contributed by atoms with Crippen LogP contribution < -0.4 is 10.9 Å². The van der Waals surface area contributed by atoms with Gasteiger partial charge in [-0.3, -0.25) is 9.59 Å². The molecule has 0 aliphatic rings. The largest absolute Gasteiger partial charge is 0.319 e. The van der Waals surface area contributed by atoms with Gasteiger partial charge in [0, 0.05) is 17.0 Å². The van der Waals surface area contributed by atoms with E-state index in [2.05, 4.69) is 10.4 Å². The molecule has 0 unspecified atom stereocenters. The zero-order chi connectivity index (χ0) is 18.7. The van der Waals surface area contributed by atoms with Crippen LogP contribution in [-0.2, 0) is 6.54 Å². The molecular weight excluding hydrogens is 373 g/mol. The summed E-state index contributed by atoms with van der Waals surface area (Å²) in [5.41, 5.74) is 0.361. The number of hydrogen-bond acceptors (Lipinski definition) is 3. The van der Waals surface area contributed by atoms with Crippen molar-refractivity contribution in [2.75, 3.05) is 5.32 Å². The molecular formula is C19H17Cl2N3O2. The van der Waals surface area contributed by atoms with Gasteiger partial charge in [0.25, 0.3) is 11.5 Å². The first kappa shape index (κ1) is 18.4. The predicted molar refractivity (Wildman–Crippen MR) is 105 cm³/mol. The lowest BCUT2D eigenvalue weighted by Gasteiger charge is -2.12. The van der Waals surface area contributed by atoms with Crippen molar-refractivity contribution in [1.82, 2.24) is 9.78 Å². The fourth-order valence-corrected chi connectivity index (χ4v) is 2.97. The van der Waals surface area contributed by atoms with Crippen LogP contribution in [0.1, 0.15) is 30.3 Å². The summed E-state index contributed by atoms with van der Waals surface area (Å²) in [6, 6.07) is 11.8. The molecule has 1 amide bonds. The minimum Gasteiger partial charge on any atom is -0.319 e. The maximum Gasteiger partial charge on any atom is 0.276 e. The Morgan fingerprint density at radius 1 is 1.15 bits per heavy atom. The van der Waals surface area contributed by atoms with Crippen LogP contribution in [0.15, 0.2) is 47.3 Å². The molecule has 134 valence electrons. The Bertz CT molecular complexity index is 1030. The van der Waals surface area contributed by atoms with Crippen molar-refractivity contribution in [3.63, 3.8) is 0 Å². The predicted octanol–water partition coefficient (Wildman–Crippen LogP) is 4.76. The molecule has 0 fully saturated rings. The molecule has 0 spiro atoms. The molecule has 7 heteroatoms. The van der Waals surface area contributed by atoms with Gasteiger partial charge in [0.15, 0.2) is 5.69 Å². The Hall–Kier alpha value is -2.37. The van der Waals surface area contributed by atoms with Crippen LogP contribution in [0, 0.1) is 0 Å². The highest BCUT2D eigenvalue weighted by molar-refractivity contribution is 6.36. The summed E-state index contributed by atoms with van der Waals surface area (Å²) in [5, 5.41) is 8.81. The SMILES string of the molecule is CCCCn1nc(C(=O)Nc2cc(Cl)ccc2Cl)c2ccccc2c1=O. The van der Waals surface area contributed by atoms with Crippen LogP contribution in [0.4, 0.5) is 5.69 Å². The van der Waals surface area contributed by atoms with Crippen molar-refractivity contribution in [2.24, 2.45) is 0 Å². The van der Waals surface area contributed by atoms with Gasteiger partial charge in [-0.25, -0.2) is 4.68 Å². The van der Waals surface area contributed by atoms with E-state index in [0.29, 0.717) is 33.0 Å². The van der Waals surface area contributed by atoms with Gasteiger partial charge in [0.05, 0.1) is 16.1 Å². The van der Waals surface area contributed by atoms with Gasteiger partial charge in [-0.15, -0.1) is 0 Å². The molecule has 0 bridgehead atoms. The average Bonchev–Trinajstić information content (AvgIpc) is 2.64. The molecule has 0 aliphatic carbocycles. The van der Waals surface area contributed by atoms with Crippen LogP contribution in [0.5, 0.6) is 0 Å². The maximum atomic E-state index is 12.8. The number of nitrogens with zero attached hydrogens (tertiary/aromatic N) is 2. The molecule has 0 saturated heterocycles. The lowest BCUT2D eigenvalue weighted by Crippen LogP contribution is -2.27. The smallest absolute Gasteiger partial charge is 0.276 e. The minimum atomic E-state index is -0.449. The summed E-state index contributed by atoms with van der Waals surface area (Å²) < 4.78 is 1.35. The van der Waals surface area contributed by atoms with Gasteiger partial charge < -0.3 is 5.32 Å². The van der Waals surface area contributed by atoms with E-state index < -0.39 is 5.91 Å². The van der Waals surface area contributed by atoms with Gasteiger partial charge >= 0.3 is 0 Å². The molecule has 0 saturated carbocycles. The van der Waals surface area contributed by atoms with E-state index in [0.717, 1.165) is 12.8 Å². The molecule has 5 nitrogen and oxygen atoms in total. The van der Waals surface area contributed by atoms with Gasteiger partial charge in [0.1, 0.15) is 0 Å². The van der Waals surface area contributed by atoms with Crippen molar-refractivity contribution >= 4 is 45.6 Å². The van der Waals surface area contributed by atoms with Gasteiger partial charge in [0.2, 0.25) is 0 Å². The van der Waals surface area contributed by atoms with E-state index in [-0.39, 0.29) is 11.3 Å². The minimum absolute atomic E-state index is 0.173. The number of unbranched alkanes of at least 4 members (excludes halogenated alkanes) is 1. The molecule has 3 aromatic rings. The zero-order valence-corrected chi connectivity index (χ0v) is 15.6. The number of anilines is 1. The average molecular weight is 390 g/mol. The number of rotatable bonds is 5. The van der Waals surface area contributed by atoms with Gasteiger partial charge in [-0.2, -0.15) is 5.10 Å². The van der Waals surface area contributed by atoms with Crippen LogP contribution in [0.25, 0.3) is 10.8 Å². The molecule has 2 aromatic carbocycles. The van der Waals surface area contributed by atoms with E-state index in [9.17, 15) is 9.59 Å². The standard InChI is InChI=1S/C19H17Cl2N3O2/c1-2-3-10-24-19(26)14-7-5-4-6-13(14)17(23-24)18(25)22-16-11-12(20)8-9-15(16)21/h4-9,11H,2-3,10H2,1H3,(H,22,25). The first-order chi connectivity index (χ1) is 12.5. The Morgan fingerprint density at radius 2 is 1.88 bits per heavy atom. The van der Waals surface area contributed by atoms with E-state index in [4.69, 9.17) is 23.2 Å². The Balaban J connectivity index is 2.08. The van der Waals surface area contributed by atoms with Crippen molar-refractivity contribution in [1.29, 1.82) is 0 Å². The molecule has 3 rings (SSSR count). The fraction of sp³-hybridized carbons (Fsp3) is 0.211. The normalized spacial score (nSPS) is 10.9. The number of nitrogens with one attached hydrogen (secondary N) is 1. The third kappa shape index (κ3) is 3.74. The Kier molecular flexibility index (Phi) is 5.59. The molecule has 26 heavy (non-hydrogen) atoms. The first-order valence-electron chi connectivity index (χ1n) is 8.27. The second-order valence-corrected chi connectivity index (χ2v) is 6.70. The molecule has 1 aromatic heterocycles. The number of aromatic nitrogens is 2. The summed E-state index contributed by atoms with van der Waals surface area (Å²) in [4.78, 5) is 25.4. The van der Waals surface area contributed by atoms with E-state index in [1.165, 1.54) is 4.68 Å². The van der Waals surface area contributed by atoms with Gasteiger partial charge in [-0.1, -0.05) is 54.7 Å². The number of amides is 1. The van der Waals surface area contributed by atoms with E-state index in [1.807, 2.05) is 6.92 Å². The maximum absolute atomic E-state index is 12.8. The summed E-state index contributed by atoms with van der Waals surface area (Å²) in [6.45, 7) is 2.49. The lowest BCUT2D eigenvalue weighted by atomic mass is 10.1. The molecule has 0 atom stereocenters. The highest BCUT2D eigenvalue weighted by atomic mass is 35.5. The number of carbonyl (C=O) groups is 1. The highest BCUT2D eigenvalue weighted by Gasteiger charge is 2.17. The molecule has 1 heterocycles. The summed E-state index contributed by atoms with van der Waals surface area (Å²) in [5.74, 6) is -0.449. The third-order valence-corrected chi connectivity index (χ3v) is 4.55. The first-order valence-corrected chi connectivity index (χ1v) is 9.03.